The summed E-state index contributed by atoms with van der Waals surface area (Å²) in [5.74, 6) is 0.0434. The molecule has 1 N–H and O–H groups in total. The number of amides is 1. The second kappa shape index (κ2) is 8.84. The molecule has 6 nitrogen and oxygen atoms in total. The van der Waals surface area contributed by atoms with Crippen molar-refractivity contribution < 1.29 is 17.9 Å². The molecule has 0 spiro atoms. The highest BCUT2D eigenvalue weighted by Gasteiger charge is 2.37. The van der Waals surface area contributed by atoms with E-state index >= 15 is 0 Å². The molecule has 2 aromatic rings. The number of sulfonamides is 1. The first-order valence-corrected chi connectivity index (χ1v) is 11.1. The SMILES string of the molecule is CCCCCNC(=O)[C@@H]1CN(S(=O)(=O)c2ccc(Cl)cc2)c2ccccc2O1. The molecule has 0 radical (unpaired) electrons. The number of hydrogen-bond acceptors (Lipinski definition) is 4. The van der Waals surface area contributed by atoms with Crippen LogP contribution < -0.4 is 14.4 Å². The van der Waals surface area contributed by atoms with Crippen LogP contribution in [0.5, 0.6) is 5.75 Å². The minimum atomic E-state index is -3.87. The molecule has 2 aromatic carbocycles. The lowest BCUT2D eigenvalue weighted by atomic mass is 10.2. The molecular weight excluding hydrogens is 400 g/mol. The molecule has 0 saturated heterocycles. The number of halogens is 1. The Bertz CT molecular complexity index is 931. The Morgan fingerprint density at radius 2 is 1.89 bits per heavy atom. The summed E-state index contributed by atoms with van der Waals surface area (Å²) in [6.45, 7) is 2.53. The van der Waals surface area contributed by atoms with Crippen LogP contribution in [0.1, 0.15) is 26.2 Å². The summed E-state index contributed by atoms with van der Waals surface area (Å²) in [7, 11) is -3.87. The van der Waals surface area contributed by atoms with Crippen LogP contribution in [0.4, 0.5) is 5.69 Å². The van der Waals surface area contributed by atoms with Gasteiger partial charge in [0.05, 0.1) is 17.1 Å². The molecule has 0 aromatic heterocycles. The van der Waals surface area contributed by atoms with Crippen molar-refractivity contribution in [2.24, 2.45) is 0 Å². The standard InChI is InChI=1S/C20H23ClN2O4S/c1-2-3-6-13-22-20(24)19-14-23(17-7-4-5-8-18(17)27-19)28(25,26)16-11-9-15(21)10-12-16/h4-5,7-12,19H,2-3,6,13-14H2,1H3,(H,22,24)/t19-/m0/s1. The molecule has 1 atom stereocenters. The van der Waals surface area contributed by atoms with Crippen LogP contribution in [-0.4, -0.2) is 33.5 Å². The number of ether oxygens (including phenoxy) is 1. The maximum Gasteiger partial charge on any atom is 0.264 e. The molecule has 3 rings (SSSR count). The second-order valence-corrected chi connectivity index (χ2v) is 8.86. The number of carbonyl (C=O) groups excluding carboxylic acids is 1. The van der Waals surface area contributed by atoms with Gasteiger partial charge in [-0.25, -0.2) is 8.42 Å². The van der Waals surface area contributed by atoms with Crippen LogP contribution in [0.3, 0.4) is 0 Å². The minimum absolute atomic E-state index is 0.0957. The molecule has 0 fully saturated rings. The highest BCUT2D eigenvalue weighted by Crippen LogP contribution is 2.36. The van der Waals surface area contributed by atoms with Crippen LogP contribution in [0, 0.1) is 0 Å². The maximum atomic E-state index is 13.2. The summed E-state index contributed by atoms with van der Waals surface area (Å²) in [6.07, 6.45) is 2.03. The molecule has 1 amide bonds. The number of hydrogen-bond donors (Lipinski definition) is 1. The molecule has 8 heteroatoms. The van der Waals surface area contributed by atoms with Gasteiger partial charge in [0.2, 0.25) is 0 Å². The van der Waals surface area contributed by atoms with Gasteiger partial charge in [-0.1, -0.05) is 43.5 Å². The molecule has 0 saturated carbocycles. The molecule has 1 aliphatic heterocycles. The quantitative estimate of drug-likeness (QED) is 0.691. The monoisotopic (exact) mass is 422 g/mol. The fourth-order valence-electron chi connectivity index (χ4n) is 3.00. The Morgan fingerprint density at radius 3 is 2.61 bits per heavy atom. The molecule has 0 aliphatic carbocycles. The summed E-state index contributed by atoms with van der Waals surface area (Å²) in [4.78, 5) is 12.7. The predicted octanol–water partition coefficient (Wildman–Crippen LogP) is 3.60. The highest BCUT2D eigenvalue weighted by molar-refractivity contribution is 7.92. The first kappa shape index (κ1) is 20.5. The third-order valence-corrected chi connectivity index (χ3v) is 6.55. The Morgan fingerprint density at radius 1 is 1.18 bits per heavy atom. The fourth-order valence-corrected chi connectivity index (χ4v) is 4.60. The van der Waals surface area contributed by atoms with Crippen LogP contribution in [-0.2, 0) is 14.8 Å². The highest BCUT2D eigenvalue weighted by atomic mass is 35.5. The van der Waals surface area contributed by atoms with Crippen molar-refractivity contribution in [3.8, 4) is 5.75 Å². The van der Waals surface area contributed by atoms with Gasteiger partial charge in [0.25, 0.3) is 15.9 Å². The maximum absolute atomic E-state index is 13.2. The van der Waals surface area contributed by atoms with Crippen molar-refractivity contribution in [3.63, 3.8) is 0 Å². The summed E-state index contributed by atoms with van der Waals surface area (Å²) < 4.78 is 33.5. The van der Waals surface area contributed by atoms with Crippen molar-refractivity contribution in [3.05, 3.63) is 53.6 Å². The van der Waals surface area contributed by atoms with E-state index in [9.17, 15) is 13.2 Å². The van der Waals surface area contributed by atoms with Crippen LogP contribution >= 0.6 is 11.6 Å². The van der Waals surface area contributed by atoms with Gasteiger partial charge in [0, 0.05) is 11.6 Å². The Balaban J connectivity index is 1.87. The van der Waals surface area contributed by atoms with Gasteiger partial charge in [-0.3, -0.25) is 9.10 Å². The molecule has 28 heavy (non-hydrogen) atoms. The van der Waals surface area contributed by atoms with Crippen molar-refractivity contribution in [1.82, 2.24) is 5.32 Å². The normalized spacial score (nSPS) is 16.2. The van der Waals surface area contributed by atoms with Gasteiger partial charge in [-0.15, -0.1) is 0 Å². The Labute approximate surface area is 170 Å². The van der Waals surface area contributed by atoms with E-state index in [1.54, 1.807) is 24.3 Å². The Hall–Kier alpha value is -2.25. The first-order chi connectivity index (χ1) is 13.4. The van der Waals surface area contributed by atoms with E-state index in [1.807, 2.05) is 0 Å². The van der Waals surface area contributed by atoms with Gasteiger partial charge >= 0.3 is 0 Å². The third-order valence-electron chi connectivity index (χ3n) is 4.51. The number of nitrogens with one attached hydrogen (secondary N) is 1. The predicted molar refractivity (Wildman–Crippen MR) is 109 cm³/mol. The number of para-hydroxylation sites is 2. The summed E-state index contributed by atoms with van der Waals surface area (Å²) in [6, 6.07) is 12.8. The van der Waals surface area contributed by atoms with Crippen molar-refractivity contribution >= 4 is 33.2 Å². The number of rotatable bonds is 7. The summed E-state index contributed by atoms with van der Waals surface area (Å²) >= 11 is 5.88. The average molecular weight is 423 g/mol. The van der Waals surface area contributed by atoms with Gasteiger partial charge in [0.1, 0.15) is 5.75 Å². The number of fused-ring (bicyclic) bond motifs is 1. The molecule has 1 heterocycles. The van der Waals surface area contributed by atoms with Gasteiger partial charge in [0.15, 0.2) is 6.10 Å². The third kappa shape index (κ3) is 4.42. The van der Waals surface area contributed by atoms with E-state index in [0.29, 0.717) is 23.0 Å². The number of nitrogens with zero attached hydrogens (tertiary/aromatic N) is 1. The molecule has 0 unspecified atom stereocenters. The number of carbonyl (C=O) groups is 1. The fraction of sp³-hybridized carbons (Fsp3) is 0.350. The van der Waals surface area contributed by atoms with E-state index in [2.05, 4.69) is 12.2 Å². The second-order valence-electron chi connectivity index (χ2n) is 6.56. The van der Waals surface area contributed by atoms with Crippen molar-refractivity contribution in [2.45, 2.75) is 37.2 Å². The van der Waals surface area contributed by atoms with E-state index < -0.39 is 16.1 Å². The van der Waals surface area contributed by atoms with Crippen molar-refractivity contribution in [1.29, 1.82) is 0 Å². The van der Waals surface area contributed by atoms with Crippen LogP contribution in [0.25, 0.3) is 0 Å². The molecule has 150 valence electrons. The number of anilines is 1. The minimum Gasteiger partial charge on any atom is -0.476 e. The van der Waals surface area contributed by atoms with Gasteiger partial charge < -0.3 is 10.1 Å². The largest absolute Gasteiger partial charge is 0.476 e. The van der Waals surface area contributed by atoms with Crippen LogP contribution in [0.2, 0.25) is 5.02 Å². The van der Waals surface area contributed by atoms with E-state index in [1.165, 1.54) is 28.6 Å². The zero-order valence-corrected chi connectivity index (χ0v) is 17.2. The zero-order valence-electron chi connectivity index (χ0n) is 15.6. The van der Waals surface area contributed by atoms with Crippen molar-refractivity contribution in [2.75, 3.05) is 17.4 Å². The summed E-state index contributed by atoms with van der Waals surface area (Å²) in [5, 5.41) is 3.28. The number of benzene rings is 2. The smallest absolute Gasteiger partial charge is 0.264 e. The van der Waals surface area contributed by atoms with Gasteiger partial charge in [-0.05, 0) is 42.8 Å². The summed E-state index contributed by atoms with van der Waals surface area (Å²) in [5.41, 5.74) is 0.410. The lowest BCUT2D eigenvalue weighted by molar-refractivity contribution is -0.127. The first-order valence-electron chi connectivity index (χ1n) is 9.25. The molecule has 0 bridgehead atoms. The van der Waals surface area contributed by atoms with E-state index in [0.717, 1.165) is 19.3 Å². The van der Waals surface area contributed by atoms with Crippen LogP contribution in [0.15, 0.2) is 53.4 Å². The average Bonchev–Trinajstić information content (AvgIpc) is 2.70. The van der Waals surface area contributed by atoms with Gasteiger partial charge in [-0.2, -0.15) is 0 Å². The van der Waals surface area contributed by atoms with E-state index in [-0.39, 0.29) is 17.3 Å². The zero-order chi connectivity index (χ0) is 20.1. The van der Waals surface area contributed by atoms with E-state index in [4.69, 9.17) is 16.3 Å². The number of unbranched alkanes of at least 4 members (excludes halogenated alkanes) is 2. The Kier molecular flexibility index (Phi) is 6.46. The lowest BCUT2D eigenvalue weighted by Gasteiger charge is -2.34. The molecule has 1 aliphatic rings. The molecular formula is C20H23ClN2O4S. The lowest BCUT2D eigenvalue weighted by Crippen LogP contribution is -2.50. The topological polar surface area (TPSA) is 75.7 Å².